The molecule has 4 nitrogen and oxygen atoms in total. The van der Waals surface area contributed by atoms with E-state index in [1.807, 2.05) is 0 Å². The van der Waals surface area contributed by atoms with Crippen molar-refractivity contribution in [3.8, 4) is 45.0 Å². The number of hydrogen-bond donors (Lipinski definition) is 0. The molecule has 0 amide bonds. The lowest BCUT2D eigenvalue weighted by molar-refractivity contribution is 1.11. The van der Waals surface area contributed by atoms with Gasteiger partial charge < -0.3 is 18.3 Å². The summed E-state index contributed by atoms with van der Waals surface area (Å²) >= 11 is 0. The van der Waals surface area contributed by atoms with Crippen molar-refractivity contribution in [1.82, 2.24) is 18.3 Å². The molecule has 326 valence electrons. The number of benzene rings is 11. The van der Waals surface area contributed by atoms with E-state index in [-0.39, 0.29) is 0 Å². The number of rotatable bonds is 6. The Morgan fingerprint density at radius 1 is 0.186 bits per heavy atom. The van der Waals surface area contributed by atoms with Crippen LogP contribution in [-0.4, -0.2) is 18.3 Å². The third kappa shape index (κ3) is 5.65. The zero-order chi connectivity index (χ0) is 45.9. The van der Waals surface area contributed by atoms with Gasteiger partial charge in [0.15, 0.2) is 0 Å². The molecule has 0 N–H and O–H groups in total. The largest absolute Gasteiger partial charge is 0.309 e. The first kappa shape index (κ1) is 38.7. The number of aromatic nitrogens is 4. The second-order valence-corrected chi connectivity index (χ2v) is 18.5. The van der Waals surface area contributed by atoms with Gasteiger partial charge in [0.05, 0.1) is 49.8 Å². The Hall–Kier alpha value is -9.38. The van der Waals surface area contributed by atoms with Crippen LogP contribution in [0.1, 0.15) is 0 Å². The number of fused-ring (bicyclic) bond motifs is 12. The molecule has 0 aliphatic heterocycles. The molecule has 0 aliphatic carbocycles. The van der Waals surface area contributed by atoms with Gasteiger partial charge in [-0.3, -0.25) is 0 Å². The minimum absolute atomic E-state index is 1.11. The quantitative estimate of drug-likeness (QED) is 0.158. The molecule has 4 heterocycles. The number of nitrogens with zero attached hydrogens (tertiary/aromatic N) is 4. The molecule has 11 aromatic carbocycles. The molecule has 4 heteroatoms. The third-order valence-corrected chi connectivity index (χ3v) is 14.7. The van der Waals surface area contributed by atoms with Crippen LogP contribution < -0.4 is 0 Å². The van der Waals surface area contributed by atoms with Crippen molar-refractivity contribution in [3.63, 3.8) is 0 Å². The zero-order valence-corrected chi connectivity index (χ0v) is 38.0. The van der Waals surface area contributed by atoms with Crippen LogP contribution in [0.5, 0.6) is 0 Å². The number of para-hydroxylation sites is 5. The Kier molecular flexibility index (Phi) is 8.33. The highest BCUT2D eigenvalue weighted by molar-refractivity contribution is 6.18. The van der Waals surface area contributed by atoms with Crippen LogP contribution in [0.2, 0.25) is 0 Å². The van der Waals surface area contributed by atoms with E-state index >= 15 is 0 Å². The summed E-state index contributed by atoms with van der Waals surface area (Å²) in [7, 11) is 0. The molecule has 0 bridgehead atoms. The van der Waals surface area contributed by atoms with Gasteiger partial charge in [-0.25, -0.2) is 0 Å². The van der Waals surface area contributed by atoms with E-state index in [9.17, 15) is 0 Å². The minimum Gasteiger partial charge on any atom is -0.309 e. The van der Waals surface area contributed by atoms with Crippen molar-refractivity contribution in [2.24, 2.45) is 0 Å². The van der Waals surface area contributed by atoms with Gasteiger partial charge in [-0.05, 0) is 107 Å². The van der Waals surface area contributed by atoms with E-state index in [1.54, 1.807) is 0 Å². The lowest BCUT2D eigenvalue weighted by Gasteiger charge is -2.17. The first-order valence-electron chi connectivity index (χ1n) is 24.1. The zero-order valence-electron chi connectivity index (χ0n) is 38.0. The molecule has 0 saturated heterocycles. The summed E-state index contributed by atoms with van der Waals surface area (Å²) in [6, 6.07) is 93.7. The Bertz CT molecular complexity index is 4460. The Labute approximate surface area is 403 Å². The molecule has 15 rings (SSSR count). The topological polar surface area (TPSA) is 19.7 Å². The van der Waals surface area contributed by atoms with E-state index in [0.717, 1.165) is 39.3 Å². The van der Waals surface area contributed by atoms with Crippen molar-refractivity contribution in [2.75, 3.05) is 0 Å². The molecule has 0 unspecified atom stereocenters. The smallest absolute Gasteiger partial charge is 0.0784 e. The summed E-state index contributed by atoms with van der Waals surface area (Å²) in [5.41, 5.74) is 18.6. The molecular formula is C66H42N4. The molecule has 0 spiro atoms. The lowest BCUT2D eigenvalue weighted by Crippen LogP contribution is -2.03. The van der Waals surface area contributed by atoms with Crippen LogP contribution in [0.3, 0.4) is 0 Å². The monoisotopic (exact) mass is 890 g/mol. The third-order valence-electron chi connectivity index (χ3n) is 14.7. The molecular weight excluding hydrogens is 849 g/mol. The summed E-state index contributed by atoms with van der Waals surface area (Å²) in [5.74, 6) is 0. The molecule has 0 aliphatic rings. The van der Waals surface area contributed by atoms with Crippen molar-refractivity contribution < 1.29 is 0 Å². The molecule has 0 atom stereocenters. The SMILES string of the molecule is c1ccc(-c2ccc(-n3c4ccc(-c5ccccc5)cc4c4cc(-n5c6ccccc6c6cc(-n7c8ccccc8c8ccccc87)cc(-n7c8ccccc8c8ccccc87)c65)ccc43)cc2)cc1. The highest BCUT2D eigenvalue weighted by atomic mass is 15.1. The van der Waals surface area contributed by atoms with Crippen LogP contribution in [-0.2, 0) is 0 Å². The maximum Gasteiger partial charge on any atom is 0.0784 e. The van der Waals surface area contributed by atoms with Gasteiger partial charge in [-0.15, -0.1) is 0 Å². The molecule has 0 fully saturated rings. The van der Waals surface area contributed by atoms with Crippen molar-refractivity contribution in [3.05, 3.63) is 255 Å². The summed E-state index contributed by atoms with van der Waals surface area (Å²) in [6.45, 7) is 0. The summed E-state index contributed by atoms with van der Waals surface area (Å²) in [6.07, 6.45) is 0. The molecule has 0 radical (unpaired) electrons. The summed E-state index contributed by atoms with van der Waals surface area (Å²) < 4.78 is 9.93. The lowest BCUT2D eigenvalue weighted by atomic mass is 10.0. The minimum atomic E-state index is 1.11. The fraction of sp³-hybridized carbons (Fsp3) is 0. The maximum atomic E-state index is 2.53. The van der Waals surface area contributed by atoms with Crippen LogP contribution in [0.15, 0.2) is 255 Å². The average molecular weight is 891 g/mol. The van der Waals surface area contributed by atoms with Crippen LogP contribution in [0.4, 0.5) is 0 Å². The van der Waals surface area contributed by atoms with E-state index in [0.29, 0.717) is 0 Å². The molecule has 70 heavy (non-hydrogen) atoms. The Morgan fingerprint density at radius 3 is 1.10 bits per heavy atom. The van der Waals surface area contributed by atoms with E-state index < -0.39 is 0 Å². The normalized spacial score (nSPS) is 12.0. The summed E-state index contributed by atoms with van der Waals surface area (Å²) in [5, 5.41) is 9.76. The second kappa shape index (κ2) is 15.1. The van der Waals surface area contributed by atoms with Crippen molar-refractivity contribution in [2.45, 2.75) is 0 Å². The predicted molar refractivity (Wildman–Crippen MR) is 295 cm³/mol. The van der Waals surface area contributed by atoms with E-state index in [2.05, 4.69) is 273 Å². The Morgan fingerprint density at radius 2 is 0.543 bits per heavy atom. The first-order chi connectivity index (χ1) is 34.7. The van der Waals surface area contributed by atoms with Gasteiger partial charge in [0.25, 0.3) is 0 Å². The maximum absolute atomic E-state index is 2.53. The highest BCUT2D eigenvalue weighted by Crippen LogP contribution is 2.44. The number of hydrogen-bond acceptors (Lipinski definition) is 0. The fourth-order valence-corrected chi connectivity index (χ4v) is 11.7. The average Bonchev–Trinajstić information content (AvgIpc) is 4.16. The van der Waals surface area contributed by atoms with Gasteiger partial charge in [0.2, 0.25) is 0 Å². The summed E-state index contributed by atoms with van der Waals surface area (Å²) in [4.78, 5) is 0. The van der Waals surface area contributed by atoms with Gasteiger partial charge in [-0.2, -0.15) is 0 Å². The van der Waals surface area contributed by atoms with Crippen molar-refractivity contribution in [1.29, 1.82) is 0 Å². The first-order valence-corrected chi connectivity index (χ1v) is 24.1. The van der Waals surface area contributed by atoms with Crippen molar-refractivity contribution >= 4 is 87.2 Å². The second-order valence-electron chi connectivity index (χ2n) is 18.5. The van der Waals surface area contributed by atoms with Crippen LogP contribution in [0, 0.1) is 0 Å². The van der Waals surface area contributed by atoms with Crippen LogP contribution in [0.25, 0.3) is 132 Å². The highest BCUT2D eigenvalue weighted by Gasteiger charge is 2.24. The molecule has 0 saturated carbocycles. The van der Waals surface area contributed by atoms with Crippen LogP contribution >= 0.6 is 0 Å². The predicted octanol–water partition coefficient (Wildman–Crippen LogP) is 17.4. The fourth-order valence-electron chi connectivity index (χ4n) is 11.7. The molecule has 4 aromatic heterocycles. The van der Waals surface area contributed by atoms with Gasteiger partial charge in [0.1, 0.15) is 0 Å². The van der Waals surface area contributed by atoms with Gasteiger partial charge in [-0.1, -0.05) is 170 Å². The Balaban J connectivity index is 1.05. The van der Waals surface area contributed by atoms with E-state index in [1.165, 1.54) is 92.9 Å². The van der Waals surface area contributed by atoms with Gasteiger partial charge >= 0.3 is 0 Å². The standard InChI is InChI=1S/C66H42N4/c1-3-17-43(18-4-1)45-31-34-47(35-32-45)67-63-37-33-46(44-19-5-2-6-20-44)39-55(63)56-40-48(36-38-64(56)67)69-60-28-14-11-25-54(60)57-41-49(68-58-26-12-7-21-50(58)51-22-8-13-27-59(51)68)42-65(66(57)69)70-61-29-15-9-23-52(61)53-24-10-16-30-62(53)70/h1-42H. The van der Waals surface area contributed by atoms with E-state index in [4.69, 9.17) is 0 Å². The molecule has 15 aromatic rings. The van der Waals surface area contributed by atoms with Gasteiger partial charge in [0, 0.05) is 60.2 Å².